The van der Waals surface area contributed by atoms with E-state index in [0.717, 1.165) is 50.0 Å². The van der Waals surface area contributed by atoms with Crippen molar-refractivity contribution in [1.29, 1.82) is 5.26 Å². The number of hydrogen-bond donors (Lipinski definition) is 1. The van der Waals surface area contributed by atoms with Gasteiger partial charge >= 0.3 is 0 Å². The summed E-state index contributed by atoms with van der Waals surface area (Å²) in [5.41, 5.74) is 7.59. The van der Waals surface area contributed by atoms with E-state index < -0.39 is 6.10 Å². The maximum atomic E-state index is 10.1. The van der Waals surface area contributed by atoms with Crippen LogP contribution in [-0.4, -0.2) is 20.9 Å². The number of aromatic nitrogens is 2. The number of aliphatic hydroxyl groups is 1. The summed E-state index contributed by atoms with van der Waals surface area (Å²) >= 11 is 0. The Labute approximate surface area is 192 Å². The molecule has 0 fully saturated rings. The average molecular weight is 436 g/mol. The molecule has 0 amide bonds. The summed E-state index contributed by atoms with van der Waals surface area (Å²) in [5, 5.41) is 26.1. The summed E-state index contributed by atoms with van der Waals surface area (Å²) in [6.45, 7) is 6.29. The number of fused-ring (bicyclic) bond motifs is 3. The third-order valence-corrected chi connectivity index (χ3v) is 6.19. The van der Waals surface area contributed by atoms with Gasteiger partial charge in [-0.2, -0.15) is 5.26 Å². The van der Waals surface area contributed by atoms with Crippen LogP contribution in [0.5, 0.6) is 0 Å². The Morgan fingerprint density at radius 2 is 1.82 bits per heavy atom. The van der Waals surface area contributed by atoms with E-state index in [1.807, 2.05) is 44.2 Å². The number of nitrogens with zero attached hydrogens (tertiary/aromatic N) is 3. The van der Waals surface area contributed by atoms with E-state index in [4.69, 9.17) is 4.52 Å². The van der Waals surface area contributed by atoms with Gasteiger partial charge in [0.15, 0.2) is 0 Å². The SMILES string of the molecule is Cc1noc(C)c1-c1cc(C#N)c2c3ccc(CC(C)O)cc3n(Cc3ccccc3)c2c1. The molecule has 0 radical (unpaired) electrons. The van der Waals surface area contributed by atoms with Gasteiger partial charge in [0, 0.05) is 28.4 Å². The maximum Gasteiger partial charge on any atom is 0.141 e. The van der Waals surface area contributed by atoms with Crippen LogP contribution in [0.4, 0.5) is 0 Å². The molecule has 164 valence electrons. The fraction of sp³-hybridized carbons (Fsp3) is 0.214. The van der Waals surface area contributed by atoms with Gasteiger partial charge in [0.25, 0.3) is 0 Å². The molecule has 0 saturated carbocycles. The number of aryl methyl sites for hydroxylation is 2. The third kappa shape index (κ3) is 3.69. The molecule has 5 heteroatoms. The Kier molecular flexibility index (Phi) is 5.24. The van der Waals surface area contributed by atoms with Gasteiger partial charge in [0.2, 0.25) is 0 Å². The molecule has 33 heavy (non-hydrogen) atoms. The van der Waals surface area contributed by atoms with Crippen molar-refractivity contribution in [3.63, 3.8) is 0 Å². The third-order valence-electron chi connectivity index (χ3n) is 6.19. The van der Waals surface area contributed by atoms with Crippen LogP contribution in [0.3, 0.4) is 0 Å². The van der Waals surface area contributed by atoms with Crippen molar-refractivity contribution in [3.8, 4) is 17.2 Å². The molecule has 0 bridgehead atoms. The van der Waals surface area contributed by atoms with E-state index >= 15 is 0 Å². The Morgan fingerprint density at radius 1 is 1.03 bits per heavy atom. The molecule has 0 aliphatic heterocycles. The molecular weight excluding hydrogens is 410 g/mol. The van der Waals surface area contributed by atoms with Crippen molar-refractivity contribution in [2.75, 3.05) is 0 Å². The number of benzene rings is 3. The Hall–Kier alpha value is -3.88. The zero-order valence-electron chi connectivity index (χ0n) is 19.0. The highest BCUT2D eigenvalue weighted by Gasteiger charge is 2.20. The lowest BCUT2D eigenvalue weighted by Gasteiger charge is -2.10. The average Bonchev–Trinajstić information content (AvgIpc) is 3.29. The van der Waals surface area contributed by atoms with Gasteiger partial charge in [-0.15, -0.1) is 0 Å². The highest BCUT2D eigenvalue weighted by molar-refractivity contribution is 6.12. The predicted molar refractivity (Wildman–Crippen MR) is 130 cm³/mol. The monoisotopic (exact) mass is 435 g/mol. The lowest BCUT2D eigenvalue weighted by atomic mass is 9.98. The van der Waals surface area contributed by atoms with Crippen LogP contribution in [0, 0.1) is 25.2 Å². The minimum Gasteiger partial charge on any atom is -0.393 e. The van der Waals surface area contributed by atoms with Gasteiger partial charge < -0.3 is 14.2 Å². The Balaban J connectivity index is 1.84. The molecule has 1 atom stereocenters. The van der Waals surface area contributed by atoms with Gasteiger partial charge in [-0.1, -0.05) is 47.6 Å². The molecule has 5 rings (SSSR count). The van der Waals surface area contributed by atoms with Crippen LogP contribution in [-0.2, 0) is 13.0 Å². The topological polar surface area (TPSA) is 75.0 Å². The minimum atomic E-state index is -0.421. The molecule has 2 heterocycles. The fourth-order valence-corrected chi connectivity index (χ4v) is 4.80. The highest BCUT2D eigenvalue weighted by atomic mass is 16.5. The highest BCUT2D eigenvalue weighted by Crippen LogP contribution is 2.37. The van der Waals surface area contributed by atoms with Crippen LogP contribution in [0.15, 0.2) is 65.2 Å². The van der Waals surface area contributed by atoms with Gasteiger partial charge in [-0.3, -0.25) is 0 Å². The quantitative estimate of drug-likeness (QED) is 0.372. The van der Waals surface area contributed by atoms with Crippen LogP contribution in [0.1, 0.15) is 35.1 Å². The van der Waals surface area contributed by atoms with Gasteiger partial charge in [0.05, 0.1) is 28.9 Å². The molecule has 0 aliphatic rings. The zero-order valence-corrected chi connectivity index (χ0v) is 19.0. The van der Waals surface area contributed by atoms with E-state index in [9.17, 15) is 10.4 Å². The van der Waals surface area contributed by atoms with Gasteiger partial charge in [-0.25, -0.2) is 0 Å². The van der Waals surface area contributed by atoms with Crippen molar-refractivity contribution < 1.29 is 9.63 Å². The van der Waals surface area contributed by atoms with Crippen LogP contribution in [0.25, 0.3) is 32.9 Å². The standard InChI is InChI=1S/C28H25N3O2/c1-17(32)11-21-9-10-24-25(12-21)31(16-20-7-5-4-6-8-20)26-14-22(13-23(15-29)28(24)26)27-18(2)30-33-19(27)3/h4-10,12-14,17,32H,11,16H2,1-3H3. The van der Waals surface area contributed by atoms with Crippen molar-refractivity contribution in [3.05, 3.63) is 88.8 Å². The summed E-state index contributed by atoms with van der Waals surface area (Å²) in [7, 11) is 0. The van der Waals surface area contributed by atoms with E-state index in [-0.39, 0.29) is 0 Å². The summed E-state index contributed by atoms with van der Waals surface area (Å²) in [6.07, 6.45) is 0.160. The van der Waals surface area contributed by atoms with E-state index in [1.54, 1.807) is 6.92 Å². The number of hydrogen-bond acceptors (Lipinski definition) is 4. The van der Waals surface area contributed by atoms with Gasteiger partial charge in [0.1, 0.15) is 5.76 Å². The smallest absolute Gasteiger partial charge is 0.141 e. The Morgan fingerprint density at radius 3 is 2.48 bits per heavy atom. The first-order valence-electron chi connectivity index (χ1n) is 11.1. The lowest BCUT2D eigenvalue weighted by Crippen LogP contribution is -2.04. The van der Waals surface area contributed by atoms with Crippen molar-refractivity contribution in [2.45, 2.75) is 39.8 Å². The minimum absolute atomic E-state index is 0.421. The molecule has 2 aromatic heterocycles. The van der Waals surface area contributed by atoms with Crippen molar-refractivity contribution in [2.24, 2.45) is 0 Å². The number of aliphatic hydroxyl groups excluding tert-OH is 1. The zero-order chi connectivity index (χ0) is 23.1. The molecule has 1 unspecified atom stereocenters. The van der Waals surface area contributed by atoms with Crippen LogP contribution < -0.4 is 0 Å². The first kappa shape index (κ1) is 21.0. The summed E-state index contributed by atoms with van der Waals surface area (Å²) in [4.78, 5) is 0. The van der Waals surface area contributed by atoms with Crippen molar-refractivity contribution >= 4 is 21.8 Å². The van der Waals surface area contributed by atoms with E-state index in [2.05, 4.69) is 46.1 Å². The van der Waals surface area contributed by atoms with Crippen molar-refractivity contribution in [1.82, 2.24) is 9.72 Å². The largest absolute Gasteiger partial charge is 0.393 e. The maximum absolute atomic E-state index is 10.1. The first-order chi connectivity index (χ1) is 16.0. The molecular formula is C28H25N3O2. The van der Waals surface area contributed by atoms with Crippen LogP contribution in [0.2, 0.25) is 0 Å². The predicted octanol–water partition coefficient (Wildman–Crippen LogP) is 5.91. The molecule has 1 N–H and O–H groups in total. The summed E-state index contributed by atoms with van der Waals surface area (Å²) in [5.74, 6) is 0.737. The molecule has 3 aromatic carbocycles. The summed E-state index contributed by atoms with van der Waals surface area (Å²) in [6, 6.07) is 23.1. The van der Waals surface area contributed by atoms with Gasteiger partial charge in [-0.05, 0) is 62.1 Å². The number of nitriles is 1. The van der Waals surface area contributed by atoms with E-state index in [1.165, 1.54) is 5.56 Å². The van der Waals surface area contributed by atoms with Crippen LogP contribution >= 0.6 is 0 Å². The Bertz CT molecular complexity index is 1500. The lowest BCUT2D eigenvalue weighted by molar-refractivity contribution is 0.195. The van der Waals surface area contributed by atoms with E-state index in [0.29, 0.717) is 18.5 Å². The molecule has 0 aliphatic carbocycles. The first-order valence-corrected chi connectivity index (χ1v) is 11.1. The molecule has 0 saturated heterocycles. The molecule has 5 nitrogen and oxygen atoms in total. The molecule has 5 aromatic rings. The number of rotatable bonds is 5. The second-order valence-corrected chi connectivity index (χ2v) is 8.71. The summed E-state index contributed by atoms with van der Waals surface area (Å²) < 4.78 is 7.68. The second-order valence-electron chi connectivity index (χ2n) is 8.71. The fourth-order valence-electron chi connectivity index (χ4n) is 4.80. The second kappa shape index (κ2) is 8.23. The normalized spacial score (nSPS) is 12.3. The molecule has 0 spiro atoms.